The van der Waals surface area contributed by atoms with Gasteiger partial charge in [0.1, 0.15) is 7.85 Å². The van der Waals surface area contributed by atoms with E-state index in [1.165, 1.54) is 11.1 Å². The third-order valence-electron chi connectivity index (χ3n) is 2.78. The van der Waals surface area contributed by atoms with Crippen molar-refractivity contribution in [3.05, 3.63) is 33.8 Å². The Kier molecular flexibility index (Phi) is 4.44. The van der Waals surface area contributed by atoms with E-state index in [0.29, 0.717) is 6.61 Å². The maximum absolute atomic E-state index is 5.75. The van der Waals surface area contributed by atoms with Gasteiger partial charge < -0.3 is 9.47 Å². The van der Waals surface area contributed by atoms with E-state index >= 15 is 0 Å². The lowest BCUT2D eigenvalue weighted by Crippen LogP contribution is -2.18. The summed E-state index contributed by atoms with van der Waals surface area (Å²) in [6.07, 6.45) is 2.01. The monoisotopic (exact) mass is 280 g/mol. The van der Waals surface area contributed by atoms with Crippen LogP contribution in [0.3, 0.4) is 0 Å². The smallest absolute Gasteiger partial charge is 0.104 e. The molecule has 1 heterocycles. The molecule has 0 aromatic heterocycles. The van der Waals surface area contributed by atoms with Crippen LogP contribution in [0.2, 0.25) is 0 Å². The third-order valence-corrected chi connectivity index (χ3v) is 3.28. The molecule has 0 amide bonds. The molecule has 1 aliphatic rings. The lowest BCUT2D eigenvalue weighted by molar-refractivity contribution is 0.0175. The van der Waals surface area contributed by atoms with Crippen LogP contribution < -0.4 is 0 Å². The van der Waals surface area contributed by atoms with E-state index in [4.69, 9.17) is 17.3 Å². The van der Waals surface area contributed by atoms with Crippen molar-refractivity contribution in [2.75, 3.05) is 19.7 Å². The number of fused-ring (bicyclic) bond motifs is 1. The number of ether oxygens (including phenoxy) is 2. The van der Waals surface area contributed by atoms with Crippen molar-refractivity contribution in [2.24, 2.45) is 0 Å². The molecule has 2 radical (unpaired) electrons. The number of hydrogen-bond donors (Lipinski definition) is 0. The molecule has 1 aliphatic heterocycles. The first kappa shape index (κ1) is 12.2. The Labute approximate surface area is 106 Å². The summed E-state index contributed by atoms with van der Waals surface area (Å²) in [5.74, 6) is 0. The van der Waals surface area contributed by atoms with E-state index in [1.807, 2.05) is 0 Å². The first-order valence-corrected chi connectivity index (χ1v) is 6.28. The van der Waals surface area contributed by atoms with Crippen LogP contribution in [0.25, 0.3) is 0 Å². The maximum atomic E-state index is 5.75. The summed E-state index contributed by atoms with van der Waals surface area (Å²) < 4.78 is 12.0. The van der Waals surface area contributed by atoms with Gasteiger partial charge >= 0.3 is 0 Å². The number of hydrogen-bond acceptors (Lipinski definition) is 2. The molecule has 1 aromatic carbocycles. The summed E-state index contributed by atoms with van der Waals surface area (Å²) in [4.78, 5) is 0. The van der Waals surface area contributed by atoms with Gasteiger partial charge in [-0.25, -0.2) is 0 Å². The zero-order valence-corrected chi connectivity index (χ0v) is 10.7. The molecule has 0 N–H and O–H groups in total. The summed E-state index contributed by atoms with van der Waals surface area (Å²) in [5.41, 5.74) is 2.66. The fourth-order valence-electron chi connectivity index (χ4n) is 2.02. The lowest BCUT2D eigenvalue weighted by atomic mass is 9.96. The predicted molar refractivity (Wildman–Crippen MR) is 67.7 cm³/mol. The number of benzene rings is 1. The van der Waals surface area contributed by atoms with Gasteiger partial charge in [0.25, 0.3) is 0 Å². The van der Waals surface area contributed by atoms with Gasteiger partial charge in [-0.15, -0.1) is 0 Å². The molecule has 16 heavy (non-hydrogen) atoms. The van der Waals surface area contributed by atoms with E-state index in [1.54, 1.807) is 0 Å². The molecule has 0 fully saturated rings. The van der Waals surface area contributed by atoms with Gasteiger partial charge in [-0.1, -0.05) is 22.0 Å². The highest BCUT2D eigenvalue weighted by Crippen LogP contribution is 2.31. The van der Waals surface area contributed by atoms with E-state index in [9.17, 15) is 0 Å². The van der Waals surface area contributed by atoms with Gasteiger partial charge in [0, 0.05) is 24.0 Å². The van der Waals surface area contributed by atoms with Crippen LogP contribution in [0, 0.1) is 0 Å². The highest BCUT2D eigenvalue weighted by atomic mass is 79.9. The van der Waals surface area contributed by atoms with Gasteiger partial charge in [-0.3, -0.25) is 0 Å². The van der Waals surface area contributed by atoms with Crippen LogP contribution >= 0.6 is 15.9 Å². The van der Waals surface area contributed by atoms with Crippen molar-refractivity contribution >= 4 is 23.8 Å². The minimum Gasteiger partial charge on any atom is -0.391 e. The van der Waals surface area contributed by atoms with Crippen LogP contribution in [0.1, 0.15) is 23.7 Å². The Morgan fingerprint density at radius 2 is 2.38 bits per heavy atom. The van der Waals surface area contributed by atoms with Gasteiger partial charge in [0.2, 0.25) is 0 Å². The van der Waals surface area contributed by atoms with Crippen molar-refractivity contribution in [1.82, 2.24) is 0 Å². The Hall–Kier alpha value is -0.315. The summed E-state index contributed by atoms with van der Waals surface area (Å²) in [6.45, 7) is 1.72. The summed E-state index contributed by atoms with van der Waals surface area (Å²) in [7, 11) is 5.29. The largest absolute Gasteiger partial charge is 0.391 e. The first-order valence-electron chi connectivity index (χ1n) is 5.49. The standard InChI is InChI=1S/C12H14BBrO2/c13-8-15-5-4-12-11-2-1-10(14)7-9(11)3-6-16-12/h1-2,7,12H,3-6,8H2. The summed E-state index contributed by atoms with van der Waals surface area (Å²) in [5, 5.41) is 0. The third kappa shape index (κ3) is 2.87. The van der Waals surface area contributed by atoms with Gasteiger partial charge in [-0.05, 0) is 29.7 Å². The van der Waals surface area contributed by atoms with Crippen molar-refractivity contribution in [2.45, 2.75) is 18.9 Å². The number of rotatable bonds is 4. The highest BCUT2D eigenvalue weighted by Gasteiger charge is 2.20. The van der Waals surface area contributed by atoms with Crippen molar-refractivity contribution < 1.29 is 9.47 Å². The number of halogens is 1. The molecule has 1 unspecified atom stereocenters. The van der Waals surface area contributed by atoms with Crippen LogP contribution in [0.4, 0.5) is 0 Å². The second-order valence-corrected chi connectivity index (χ2v) is 4.73. The molecule has 0 spiro atoms. The van der Waals surface area contributed by atoms with Gasteiger partial charge in [-0.2, -0.15) is 0 Å². The molecular formula is C12H14BBrO2. The van der Waals surface area contributed by atoms with Gasteiger partial charge in [0.05, 0.1) is 12.7 Å². The topological polar surface area (TPSA) is 18.5 Å². The first-order chi connectivity index (χ1) is 7.81. The highest BCUT2D eigenvalue weighted by molar-refractivity contribution is 9.10. The average molecular weight is 281 g/mol. The Balaban J connectivity index is 2.07. The van der Waals surface area contributed by atoms with Crippen LogP contribution in [-0.4, -0.2) is 27.6 Å². The zero-order chi connectivity index (χ0) is 11.4. The fraction of sp³-hybridized carbons (Fsp3) is 0.500. The van der Waals surface area contributed by atoms with E-state index < -0.39 is 0 Å². The summed E-state index contributed by atoms with van der Waals surface area (Å²) >= 11 is 3.49. The molecule has 2 nitrogen and oxygen atoms in total. The van der Waals surface area contributed by atoms with E-state index in [0.717, 1.165) is 23.9 Å². The molecule has 1 atom stereocenters. The minimum absolute atomic E-state index is 0.156. The normalized spacial score (nSPS) is 19.4. The molecule has 4 heteroatoms. The molecular weight excluding hydrogens is 267 g/mol. The van der Waals surface area contributed by atoms with Gasteiger partial charge in [0.15, 0.2) is 0 Å². The molecule has 2 rings (SSSR count). The van der Waals surface area contributed by atoms with Crippen molar-refractivity contribution in [3.8, 4) is 0 Å². The predicted octanol–water partition coefficient (Wildman–Crippen LogP) is 2.60. The quantitative estimate of drug-likeness (QED) is 0.624. The van der Waals surface area contributed by atoms with Crippen LogP contribution in [0.5, 0.6) is 0 Å². The molecule has 0 bridgehead atoms. The average Bonchev–Trinajstić information content (AvgIpc) is 2.29. The SMILES string of the molecule is [B]COCCC1OCCc2cc(Br)ccc21. The second-order valence-electron chi connectivity index (χ2n) is 3.82. The Bertz CT molecular complexity index is 357. The van der Waals surface area contributed by atoms with E-state index in [-0.39, 0.29) is 12.6 Å². The molecule has 0 saturated heterocycles. The second kappa shape index (κ2) is 5.85. The fourth-order valence-corrected chi connectivity index (χ4v) is 2.43. The Morgan fingerprint density at radius 3 is 3.19 bits per heavy atom. The maximum Gasteiger partial charge on any atom is 0.104 e. The molecule has 0 aliphatic carbocycles. The van der Waals surface area contributed by atoms with Crippen molar-refractivity contribution in [1.29, 1.82) is 0 Å². The zero-order valence-electron chi connectivity index (χ0n) is 9.12. The van der Waals surface area contributed by atoms with Crippen LogP contribution in [-0.2, 0) is 15.9 Å². The van der Waals surface area contributed by atoms with Crippen LogP contribution in [0.15, 0.2) is 22.7 Å². The molecule has 1 aromatic rings. The van der Waals surface area contributed by atoms with Crippen molar-refractivity contribution in [3.63, 3.8) is 0 Å². The minimum atomic E-state index is 0.156. The van der Waals surface area contributed by atoms with E-state index in [2.05, 4.69) is 34.1 Å². The Morgan fingerprint density at radius 1 is 1.50 bits per heavy atom. The summed E-state index contributed by atoms with van der Waals surface area (Å²) in [6, 6.07) is 6.37. The molecule has 0 saturated carbocycles. The lowest BCUT2D eigenvalue weighted by Gasteiger charge is -2.26. The molecule has 84 valence electrons.